The third kappa shape index (κ3) is 4.02. The van der Waals surface area contributed by atoms with Crippen molar-refractivity contribution < 1.29 is 11.3 Å². The Bertz CT molecular complexity index is 2770. The normalized spacial score (nSPS) is 13.2. The van der Waals surface area contributed by atoms with E-state index in [2.05, 4.69) is 0 Å². The maximum absolute atomic E-state index is 8.60. The molecule has 44 heavy (non-hydrogen) atoms. The first kappa shape index (κ1) is 20.3. The van der Waals surface area contributed by atoms with Gasteiger partial charge < -0.3 is 4.42 Å². The van der Waals surface area contributed by atoms with Crippen molar-refractivity contribution in [2.75, 3.05) is 0 Å². The Kier molecular flexibility index (Phi) is 4.60. The minimum Gasteiger partial charge on any atom is -0.455 e. The number of hydrogen-bond donors (Lipinski definition) is 0. The van der Waals surface area contributed by atoms with E-state index in [1.807, 2.05) is 109 Å². The Morgan fingerprint density at radius 1 is 0.523 bits per heavy atom. The molecule has 4 nitrogen and oxygen atoms in total. The average Bonchev–Trinajstić information content (AvgIpc) is 3.72. The molecule has 0 unspecified atom stereocenters. The van der Waals surface area contributed by atoms with Crippen LogP contribution >= 0.6 is 11.3 Å². The number of thiophene rings is 1. The van der Waals surface area contributed by atoms with Gasteiger partial charge in [-0.2, -0.15) is 0 Å². The molecule has 5 heteroatoms. The lowest BCUT2D eigenvalue weighted by Crippen LogP contribution is -2.00. The summed E-state index contributed by atoms with van der Waals surface area (Å²) in [5.41, 5.74) is 4.71. The van der Waals surface area contributed by atoms with Crippen LogP contribution < -0.4 is 0 Å². The molecule has 3 aromatic heterocycles. The van der Waals surface area contributed by atoms with E-state index in [9.17, 15) is 0 Å². The Hall–Kier alpha value is -5.65. The van der Waals surface area contributed by atoms with Gasteiger partial charge in [0.15, 0.2) is 17.5 Å². The monoisotopic (exact) mass is 586 g/mol. The maximum atomic E-state index is 8.60. The van der Waals surface area contributed by atoms with E-state index in [1.54, 1.807) is 0 Å². The van der Waals surface area contributed by atoms with Crippen LogP contribution in [0.15, 0.2) is 144 Å². The van der Waals surface area contributed by atoms with E-state index in [4.69, 9.17) is 26.2 Å². The van der Waals surface area contributed by atoms with Crippen molar-refractivity contribution in [2.45, 2.75) is 0 Å². The third-order valence-electron chi connectivity index (χ3n) is 7.84. The highest BCUT2D eigenvalue weighted by Gasteiger charge is 2.18. The average molecular weight is 587 g/mol. The second-order valence-electron chi connectivity index (χ2n) is 10.4. The summed E-state index contributed by atoms with van der Waals surface area (Å²) in [6, 6.07) is 33.9. The zero-order chi connectivity index (χ0) is 33.4. The van der Waals surface area contributed by atoms with Gasteiger partial charge in [0.25, 0.3) is 0 Å². The van der Waals surface area contributed by atoms with E-state index in [1.165, 1.54) is 11.3 Å². The standard InChI is InChI=1S/C39H23N3OS/c1-3-11-24(12-4-1)27-16-9-18-31-29-22-21-26(23-34(29)44-36(27)31)38-40-37(25-13-5-2-6-14-25)41-39(42-38)32-19-10-17-30-28-15-7-8-20-33(28)43-35(30)32/h1-23H/i1D,3D,4D,11D,12D. The highest BCUT2D eigenvalue weighted by atomic mass is 32.1. The number of para-hydroxylation sites is 2. The summed E-state index contributed by atoms with van der Waals surface area (Å²) in [6.07, 6.45) is 0. The van der Waals surface area contributed by atoms with Crippen LogP contribution in [0.4, 0.5) is 0 Å². The Balaban J connectivity index is 1.25. The number of aromatic nitrogens is 3. The van der Waals surface area contributed by atoms with Crippen molar-refractivity contribution in [3.8, 4) is 45.3 Å². The fourth-order valence-corrected chi connectivity index (χ4v) is 7.05. The van der Waals surface area contributed by atoms with Crippen LogP contribution in [0.25, 0.3) is 87.4 Å². The largest absolute Gasteiger partial charge is 0.455 e. The number of furan rings is 1. The first-order valence-electron chi connectivity index (χ1n) is 16.6. The van der Waals surface area contributed by atoms with Gasteiger partial charge in [-0.3, -0.25) is 0 Å². The van der Waals surface area contributed by atoms with Crippen molar-refractivity contribution in [1.82, 2.24) is 15.0 Å². The van der Waals surface area contributed by atoms with Crippen molar-refractivity contribution in [3.63, 3.8) is 0 Å². The van der Waals surface area contributed by atoms with Crippen LogP contribution in [0.3, 0.4) is 0 Å². The SMILES string of the molecule is [2H]c1c([2H])c([2H])c(-c2cccc3c2sc2cc(-c4nc(-c5ccccc5)nc(-c5cccc6c5oc5ccccc56)n4)ccc23)c([2H])c1[2H]. The number of nitrogens with zero attached hydrogens (tertiary/aromatic N) is 3. The molecule has 9 rings (SSSR count). The number of hydrogen-bond acceptors (Lipinski definition) is 5. The van der Waals surface area contributed by atoms with Gasteiger partial charge in [-0.15, -0.1) is 11.3 Å². The fourth-order valence-electron chi connectivity index (χ4n) is 5.78. The van der Waals surface area contributed by atoms with Crippen molar-refractivity contribution in [3.05, 3.63) is 139 Å². The summed E-state index contributed by atoms with van der Waals surface area (Å²) in [5.74, 6) is 1.53. The van der Waals surface area contributed by atoms with Crippen LogP contribution in [-0.4, -0.2) is 15.0 Å². The maximum Gasteiger partial charge on any atom is 0.167 e. The van der Waals surface area contributed by atoms with E-state index in [0.29, 0.717) is 28.6 Å². The number of benzene rings is 6. The van der Waals surface area contributed by atoms with Gasteiger partial charge in [-0.05, 0) is 29.3 Å². The molecular weight excluding hydrogens is 559 g/mol. The summed E-state index contributed by atoms with van der Waals surface area (Å²) in [4.78, 5) is 14.9. The number of fused-ring (bicyclic) bond motifs is 6. The lowest BCUT2D eigenvalue weighted by molar-refractivity contribution is 0.669. The molecule has 9 aromatic rings. The first-order chi connectivity index (χ1) is 23.9. The first-order valence-corrected chi connectivity index (χ1v) is 14.9. The van der Waals surface area contributed by atoms with E-state index >= 15 is 0 Å². The summed E-state index contributed by atoms with van der Waals surface area (Å²) in [6.45, 7) is 0. The molecule has 0 aliphatic heterocycles. The fraction of sp³-hybridized carbons (Fsp3) is 0. The van der Waals surface area contributed by atoms with Crippen LogP contribution in [-0.2, 0) is 0 Å². The summed E-state index contributed by atoms with van der Waals surface area (Å²) in [5, 5.41) is 3.93. The molecule has 6 aromatic carbocycles. The van der Waals surface area contributed by atoms with Crippen LogP contribution in [0.5, 0.6) is 0 Å². The molecule has 206 valence electrons. The molecule has 0 bridgehead atoms. The van der Waals surface area contributed by atoms with Gasteiger partial charge in [0.2, 0.25) is 0 Å². The minimum atomic E-state index is -0.407. The molecule has 0 saturated heterocycles. The second-order valence-corrected chi connectivity index (χ2v) is 11.5. The zero-order valence-electron chi connectivity index (χ0n) is 28.1. The summed E-state index contributed by atoms with van der Waals surface area (Å²) >= 11 is 1.51. The molecule has 0 N–H and O–H groups in total. The molecule has 0 fully saturated rings. The minimum absolute atomic E-state index is 0.192. The topological polar surface area (TPSA) is 51.8 Å². The predicted molar refractivity (Wildman–Crippen MR) is 182 cm³/mol. The van der Waals surface area contributed by atoms with Crippen molar-refractivity contribution in [2.24, 2.45) is 0 Å². The Labute approximate surface area is 264 Å². The number of rotatable bonds is 4. The summed E-state index contributed by atoms with van der Waals surface area (Å²) in [7, 11) is 0. The van der Waals surface area contributed by atoms with E-state index < -0.39 is 6.04 Å². The highest BCUT2D eigenvalue weighted by Crippen LogP contribution is 2.41. The van der Waals surface area contributed by atoms with Gasteiger partial charge in [-0.25, -0.2) is 15.0 Å². The Morgan fingerprint density at radius 2 is 1.23 bits per heavy atom. The van der Waals surface area contributed by atoms with Crippen molar-refractivity contribution in [1.29, 1.82) is 0 Å². The smallest absolute Gasteiger partial charge is 0.167 e. The van der Waals surface area contributed by atoms with Crippen molar-refractivity contribution >= 4 is 53.4 Å². The van der Waals surface area contributed by atoms with E-state index in [-0.39, 0.29) is 29.7 Å². The molecule has 0 aliphatic rings. The van der Waals surface area contributed by atoms with Gasteiger partial charge in [0, 0.05) is 42.1 Å². The summed E-state index contributed by atoms with van der Waals surface area (Å²) < 4.78 is 49.8. The highest BCUT2D eigenvalue weighted by molar-refractivity contribution is 7.26. The molecular formula is C39H23N3OS. The van der Waals surface area contributed by atoms with E-state index in [0.717, 1.165) is 53.2 Å². The van der Waals surface area contributed by atoms with Crippen LogP contribution in [0.2, 0.25) is 0 Å². The molecule has 0 radical (unpaired) electrons. The van der Waals surface area contributed by atoms with Crippen LogP contribution in [0, 0.1) is 0 Å². The molecule has 0 saturated carbocycles. The van der Waals surface area contributed by atoms with Gasteiger partial charge in [0.1, 0.15) is 11.2 Å². The lowest BCUT2D eigenvalue weighted by atomic mass is 10.0. The van der Waals surface area contributed by atoms with Gasteiger partial charge >= 0.3 is 0 Å². The van der Waals surface area contributed by atoms with Gasteiger partial charge in [-0.1, -0.05) is 121 Å². The Morgan fingerprint density at radius 3 is 2.09 bits per heavy atom. The molecule has 0 spiro atoms. The quantitative estimate of drug-likeness (QED) is 0.206. The molecule has 0 aliphatic carbocycles. The third-order valence-corrected chi connectivity index (χ3v) is 9.04. The molecule has 0 amide bonds. The second kappa shape index (κ2) is 9.97. The van der Waals surface area contributed by atoms with Gasteiger partial charge in [0.05, 0.1) is 12.4 Å². The van der Waals surface area contributed by atoms with Crippen LogP contribution in [0.1, 0.15) is 6.85 Å². The molecule has 3 heterocycles. The lowest BCUT2D eigenvalue weighted by Gasteiger charge is -2.09. The molecule has 0 atom stereocenters. The zero-order valence-corrected chi connectivity index (χ0v) is 23.9. The predicted octanol–water partition coefficient (Wildman–Crippen LogP) is 10.8.